The highest BCUT2D eigenvalue weighted by molar-refractivity contribution is 8.03. The van der Waals surface area contributed by atoms with E-state index in [1.54, 1.807) is 6.07 Å². The molecule has 1 aliphatic heterocycles. The largest absolute Gasteiger partial charge is 0.468 e. The molecule has 0 fully saturated rings. The van der Waals surface area contributed by atoms with Gasteiger partial charge in [-0.05, 0) is 5.75 Å². The van der Waals surface area contributed by atoms with Gasteiger partial charge in [-0.25, -0.2) is 0 Å². The summed E-state index contributed by atoms with van der Waals surface area (Å²) in [6.45, 7) is 1.84. The number of carbonyl (C=O) groups is 2. The average molecular weight is 361 g/mol. The van der Waals surface area contributed by atoms with Gasteiger partial charge in [0.05, 0.1) is 34.6 Å². The van der Waals surface area contributed by atoms with E-state index in [-0.39, 0.29) is 16.8 Å². The second kappa shape index (κ2) is 7.81. The van der Waals surface area contributed by atoms with Crippen LogP contribution in [0.25, 0.3) is 0 Å². The number of nitriles is 1. The van der Waals surface area contributed by atoms with E-state index < -0.39 is 28.6 Å². The predicted molar refractivity (Wildman–Crippen MR) is 90.3 cm³/mol. The van der Waals surface area contributed by atoms with Crippen molar-refractivity contribution in [2.75, 3.05) is 12.9 Å². The normalized spacial score (nSPS) is 19.8. The summed E-state index contributed by atoms with van der Waals surface area (Å²) in [5.41, 5.74) is -0.0237. The molecule has 8 nitrogen and oxygen atoms in total. The number of rotatable bonds is 5. The summed E-state index contributed by atoms with van der Waals surface area (Å²) in [5.74, 6) is -3.38. The molecule has 9 heteroatoms. The number of nitrogens with zero attached hydrogens (tertiary/aromatic N) is 2. The molecule has 1 aliphatic rings. The van der Waals surface area contributed by atoms with E-state index in [0.29, 0.717) is 10.8 Å². The van der Waals surface area contributed by atoms with E-state index in [2.05, 4.69) is 5.32 Å². The van der Waals surface area contributed by atoms with Crippen molar-refractivity contribution in [3.8, 4) is 6.07 Å². The molecular formula is C16H15N3O5S. The van der Waals surface area contributed by atoms with Crippen LogP contribution in [0.4, 0.5) is 5.69 Å². The van der Waals surface area contributed by atoms with Gasteiger partial charge in [-0.2, -0.15) is 5.26 Å². The maximum absolute atomic E-state index is 12.5. The van der Waals surface area contributed by atoms with Crippen molar-refractivity contribution in [3.63, 3.8) is 0 Å². The summed E-state index contributed by atoms with van der Waals surface area (Å²) in [7, 11) is 1.12. The van der Waals surface area contributed by atoms with Crippen LogP contribution >= 0.6 is 11.8 Å². The molecule has 2 unspecified atom stereocenters. The van der Waals surface area contributed by atoms with Gasteiger partial charge >= 0.3 is 5.97 Å². The zero-order valence-corrected chi connectivity index (χ0v) is 14.3. The van der Waals surface area contributed by atoms with Gasteiger partial charge in [0.1, 0.15) is 5.92 Å². The number of carbonyl (C=O) groups excluding carboxylic acids is 2. The first-order chi connectivity index (χ1) is 12.0. The maximum Gasteiger partial charge on any atom is 0.319 e. The summed E-state index contributed by atoms with van der Waals surface area (Å²) < 4.78 is 4.69. The third-order valence-electron chi connectivity index (χ3n) is 3.74. The van der Waals surface area contributed by atoms with Crippen LogP contribution in [0.2, 0.25) is 0 Å². The van der Waals surface area contributed by atoms with Crippen molar-refractivity contribution in [2.45, 2.75) is 12.8 Å². The number of nitrogens with one attached hydrogen (secondary N) is 1. The summed E-state index contributed by atoms with van der Waals surface area (Å²) in [5, 5.41) is 23.8. The second-order valence-corrected chi connectivity index (χ2v) is 6.35. The number of methoxy groups -OCH3 is 1. The Morgan fingerprint density at radius 3 is 2.72 bits per heavy atom. The van der Waals surface area contributed by atoms with Crippen molar-refractivity contribution >= 4 is 29.3 Å². The van der Waals surface area contributed by atoms with Crippen LogP contribution < -0.4 is 5.32 Å². The van der Waals surface area contributed by atoms with Gasteiger partial charge in [0, 0.05) is 11.6 Å². The third-order valence-corrected chi connectivity index (χ3v) is 4.64. The molecule has 2 rings (SSSR count). The first-order valence-electron chi connectivity index (χ1n) is 7.35. The van der Waals surface area contributed by atoms with E-state index in [4.69, 9.17) is 4.74 Å². The van der Waals surface area contributed by atoms with Crippen LogP contribution in [-0.2, 0) is 14.3 Å². The Balaban J connectivity index is 2.75. The van der Waals surface area contributed by atoms with Crippen LogP contribution in [0, 0.1) is 27.4 Å². The summed E-state index contributed by atoms with van der Waals surface area (Å²) >= 11 is 1.23. The number of thioether (sulfide) groups is 1. The molecule has 25 heavy (non-hydrogen) atoms. The van der Waals surface area contributed by atoms with Crippen LogP contribution in [0.3, 0.4) is 0 Å². The van der Waals surface area contributed by atoms with Crippen LogP contribution in [0.1, 0.15) is 18.4 Å². The summed E-state index contributed by atoms with van der Waals surface area (Å²) in [6.07, 6.45) is 0. The Bertz CT molecular complexity index is 799. The predicted octanol–water partition coefficient (Wildman–Crippen LogP) is 2.09. The zero-order chi connectivity index (χ0) is 18.6. The molecule has 1 aromatic rings. The van der Waals surface area contributed by atoms with Gasteiger partial charge in [-0.15, -0.1) is 11.8 Å². The SMILES string of the molecule is CCSC1=C(C#N)C(c2ccccc2[N+](=O)[O-])C(C(=O)OC)C(=O)N1. The van der Waals surface area contributed by atoms with E-state index in [1.807, 2.05) is 13.0 Å². The van der Waals surface area contributed by atoms with Crippen molar-refractivity contribution in [1.82, 2.24) is 5.32 Å². The maximum atomic E-state index is 12.5. The molecule has 130 valence electrons. The molecule has 1 aromatic carbocycles. The number of nitro benzene ring substituents is 1. The standard InChI is InChI=1S/C16H15N3O5S/c1-3-25-15-10(8-17)12(13(14(20)18-15)16(21)24-2)9-6-4-5-7-11(9)19(22)23/h4-7,12-13H,3H2,1-2H3,(H,18,20). The van der Waals surface area contributed by atoms with Gasteiger partial charge < -0.3 is 10.1 Å². The fourth-order valence-electron chi connectivity index (χ4n) is 2.72. The molecule has 2 atom stereocenters. The molecule has 1 heterocycles. The van der Waals surface area contributed by atoms with Gasteiger partial charge in [-0.3, -0.25) is 19.7 Å². The van der Waals surface area contributed by atoms with Gasteiger partial charge in [0.25, 0.3) is 5.69 Å². The summed E-state index contributed by atoms with van der Waals surface area (Å²) in [4.78, 5) is 35.4. The number of hydrogen-bond donors (Lipinski definition) is 1. The number of esters is 1. The first-order valence-corrected chi connectivity index (χ1v) is 8.33. The summed E-state index contributed by atoms with van der Waals surface area (Å²) in [6, 6.07) is 7.76. The number of benzene rings is 1. The van der Waals surface area contributed by atoms with Crippen molar-refractivity contribution < 1.29 is 19.2 Å². The molecule has 0 aromatic heterocycles. The lowest BCUT2D eigenvalue weighted by Gasteiger charge is -2.30. The Kier molecular flexibility index (Phi) is 5.77. The minimum absolute atomic E-state index is 0.108. The number of amides is 1. The lowest BCUT2D eigenvalue weighted by molar-refractivity contribution is -0.385. The number of hydrogen-bond acceptors (Lipinski definition) is 7. The van der Waals surface area contributed by atoms with Gasteiger partial charge in [-0.1, -0.05) is 25.1 Å². The van der Waals surface area contributed by atoms with Crippen LogP contribution in [-0.4, -0.2) is 29.7 Å². The molecular weight excluding hydrogens is 346 g/mol. The molecule has 1 amide bonds. The molecule has 0 spiro atoms. The van der Waals surface area contributed by atoms with Crippen molar-refractivity contribution in [3.05, 3.63) is 50.5 Å². The molecule has 1 N–H and O–H groups in total. The Labute approximate surface area is 148 Å². The topological polar surface area (TPSA) is 122 Å². The fourth-order valence-corrected chi connectivity index (χ4v) is 3.51. The van der Waals surface area contributed by atoms with Gasteiger partial charge in [0.15, 0.2) is 0 Å². The highest BCUT2D eigenvalue weighted by Gasteiger charge is 2.46. The van der Waals surface area contributed by atoms with E-state index in [0.717, 1.165) is 7.11 Å². The van der Waals surface area contributed by atoms with Gasteiger partial charge in [0.2, 0.25) is 5.91 Å². The van der Waals surface area contributed by atoms with E-state index >= 15 is 0 Å². The lowest BCUT2D eigenvalue weighted by Crippen LogP contribution is -2.44. The number of para-hydroxylation sites is 1. The number of allylic oxidation sites excluding steroid dienone is 1. The second-order valence-electron chi connectivity index (χ2n) is 5.07. The van der Waals surface area contributed by atoms with Crippen molar-refractivity contribution in [2.24, 2.45) is 5.92 Å². The molecule has 0 saturated carbocycles. The highest BCUT2D eigenvalue weighted by Crippen LogP contribution is 2.42. The third kappa shape index (κ3) is 3.49. The molecule has 0 bridgehead atoms. The Hall–Kier alpha value is -2.86. The number of ether oxygens (including phenoxy) is 1. The molecule has 0 aliphatic carbocycles. The molecule has 0 saturated heterocycles. The fraction of sp³-hybridized carbons (Fsp3) is 0.312. The Morgan fingerprint density at radius 1 is 1.48 bits per heavy atom. The smallest absolute Gasteiger partial charge is 0.319 e. The van der Waals surface area contributed by atoms with E-state index in [1.165, 1.54) is 30.0 Å². The monoisotopic (exact) mass is 361 g/mol. The first kappa shape index (κ1) is 18.5. The van der Waals surface area contributed by atoms with Crippen LogP contribution in [0.15, 0.2) is 34.9 Å². The number of nitro groups is 1. The lowest BCUT2D eigenvalue weighted by atomic mass is 9.78. The average Bonchev–Trinajstić information content (AvgIpc) is 2.60. The van der Waals surface area contributed by atoms with E-state index in [9.17, 15) is 25.0 Å². The zero-order valence-electron chi connectivity index (χ0n) is 13.5. The van der Waals surface area contributed by atoms with Crippen LogP contribution in [0.5, 0.6) is 0 Å². The Morgan fingerprint density at radius 2 is 2.16 bits per heavy atom. The molecule has 0 radical (unpaired) electrons. The highest BCUT2D eigenvalue weighted by atomic mass is 32.2. The minimum Gasteiger partial charge on any atom is -0.468 e. The minimum atomic E-state index is -1.37. The van der Waals surface area contributed by atoms with Crippen molar-refractivity contribution in [1.29, 1.82) is 5.26 Å². The quantitative estimate of drug-likeness (QED) is 0.369.